The first-order chi connectivity index (χ1) is 12.9. The van der Waals surface area contributed by atoms with E-state index in [4.69, 9.17) is 9.72 Å². The second-order valence-corrected chi connectivity index (χ2v) is 7.71. The van der Waals surface area contributed by atoms with Gasteiger partial charge in [-0.2, -0.15) is 0 Å². The number of thiazole rings is 1. The molecule has 144 valence electrons. The van der Waals surface area contributed by atoms with E-state index in [1.165, 1.54) is 11.3 Å². The highest BCUT2D eigenvalue weighted by Gasteiger charge is 2.25. The van der Waals surface area contributed by atoms with Crippen molar-refractivity contribution in [3.8, 4) is 5.75 Å². The third-order valence-electron chi connectivity index (χ3n) is 4.39. The number of imidazole rings is 1. The average molecular weight is 388 g/mol. The average Bonchev–Trinajstić information content (AvgIpc) is 3.25. The van der Waals surface area contributed by atoms with Gasteiger partial charge in [0.2, 0.25) is 0 Å². The predicted octanol–water partition coefficient (Wildman–Crippen LogP) is 2.95. The molecule has 7 nitrogen and oxygen atoms in total. The molecule has 1 aromatic carbocycles. The summed E-state index contributed by atoms with van der Waals surface area (Å²) in [6.07, 6.45) is 4.25. The lowest BCUT2D eigenvalue weighted by molar-refractivity contribution is 0.0973. The molecule has 3 aromatic rings. The second-order valence-electron chi connectivity index (χ2n) is 6.73. The highest BCUT2D eigenvalue weighted by atomic mass is 32.1. The Morgan fingerprint density at radius 1 is 1.30 bits per heavy atom. The molecular formula is C19H25N5O2S. The minimum atomic E-state index is -0.142. The standard InChI is InChI=1S/C19H25N5O2S/c1-13-7-8-14(26-5)15-16(13)27-19(21-15)24(11-6-10-22(2)3)18(25)17-20-9-12-23(17)4/h7-9,12H,6,10-11H2,1-5H3. The molecule has 0 bridgehead atoms. The summed E-state index contributed by atoms with van der Waals surface area (Å²) in [5.41, 5.74) is 1.91. The molecule has 8 heteroatoms. The highest BCUT2D eigenvalue weighted by Crippen LogP contribution is 2.36. The zero-order valence-corrected chi connectivity index (χ0v) is 17.2. The molecule has 27 heavy (non-hydrogen) atoms. The van der Waals surface area contributed by atoms with E-state index >= 15 is 0 Å². The smallest absolute Gasteiger partial charge is 0.296 e. The number of fused-ring (bicyclic) bond motifs is 1. The normalized spacial score (nSPS) is 11.3. The van der Waals surface area contributed by atoms with Crippen molar-refractivity contribution in [3.63, 3.8) is 0 Å². The molecule has 0 spiro atoms. The van der Waals surface area contributed by atoms with Crippen molar-refractivity contribution in [2.75, 3.05) is 39.2 Å². The number of hydrogen-bond acceptors (Lipinski definition) is 6. The van der Waals surface area contributed by atoms with Crippen molar-refractivity contribution in [3.05, 3.63) is 35.9 Å². The van der Waals surface area contributed by atoms with Crippen LogP contribution in [0, 0.1) is 6.92 Å². The molecule has 2 aromatic heterocycles. The summed E-state index contributed by atoms with van der Waals surface area (Å²) in [5, 5.41) is 0.671. The highest BCUT2D eigenvalue weighted by molar-refractivity contribution is 7.22. The Morgan fingerprint density at radius 2 is 2.07 bits per heavy atom. The van der Waals surface area contributed by atoms with E-state index in [1.807, 2.05) is 40.2 Å². The number of carbonyl (C=O) groups is 1. The summed E-state index contributed by atoms with van der Waals surface area (Å²) in [6, 6.07) is 3.93. The van der Waals surface area contributed by atoms with E-state index in [1.54, 1.807) is 29.0 Å². The molecule has 0 aliphatic rings. The van der Waals surface area contributed by atoms with Gasteiger partial charge in [-0.25, -0.2) is 9.97 Å². The summed E-state index contributed by atoms with van der Waals surface area (Å²) in [5.74, 6) is 0.982. The first-order valence-electron chi connectivity index (χ1n) is 8.80. The lowest BCUT2D eigenvalue weighted by Crippen LogP contribution is -2.35. The molecule has 0 fully saturated rings. The number of methoxy groups -OCH3 is 1. The third kappa shape index (κ3) is 3.96. The van der Waals surface area contributed by atoms with E-state index < -0.39 is 0 Å². The van der Waals surface area contributed by atoms with Crippen molar-refractivity contribution in [2.24, 2.45) is 7.05 Å². The molecule has 0 saturated carbocycles. The molecule has 0 N–H and O–H groups in total. The van der Waals surface area contributed by atoms with Crippen LogP contribution in [0.25, 0.3) is 10.2 Å². The van der Waals surface area contributed by atoms with Crippen LogP contribution in [0.15, 0.2) is 24.5 Å². The van der Waals surface area contributed by atoms with Crippen molar-refractivity contribution < 1.29 is 9.53 Å². The Labute approximate surface area is 163 Å². The zero-order valence-electron chi connectivity index (χ0n) is 16.4. The number of nitrogens with zero attached hydrogens (tertiary/aromatic N) is 5. The molecule has 1 amide bonds. The Balaban J connectivity index is 2.01. The van der Waals surface area contributed by atoms with Crippen LogP contribution in [-0.4, -0.2) is 59.6 Å². The van der Waals surface area contributed by atoms with Crippen LogP contribution < -0.4 is 9.64 Å². The largest absolute Gasteiger partial charge is 0.494 e. The fourth-order valence-corrected chi connectivity index (χ4v) is 3.98. The fourth-order valence-electron chi connectivity index (χ4n) is 2.90. The van der Waals surface area contributed by atoms with Crippen LogP contribution in [0.3, 0.4) is 0 Å². The van der Waals surface area contributed by atoms with Crippen LogP contribution in [-0.2, 0) is 7.05 Å². The summed E-state index contributed by atoms with van der Waals surface area (Å²) < 4.78 is 8.23. The first-order valence-corrected chi connectivity index (χ1v) is 9.62. The SMILES string of the molecule is COc1ccc(C)c2sc(N(CCCN(C)C)C(=O)c3nccn3C)nc12. The molecule has 0 aliphatic heterocycles. The van der Waals surface area contributed by atoms with Crippen molar-refractivity contribution in [1.82, 2.24) is 19.4 Å². The van der Waals surface area contributed by atoms with Gasteiger partial charge in [-0.3, -0.25) is 9.69 Å². The molecule has 0 aliphatic carbocycles. The summed E-state index contributed by atoms with van der Waals surface area (Å²) in [7, 11) is 7.51. The van der Waals surface area contributed by atoms with Gasteiger partial charge in [0.25, 0.3) is 5.91 Å². The molecule has 0 radical (unpaired) electrons. The number of aryl methyl sites for hydroxylation is 2. The van der Waals surface area contributed by atoms with Crippen molar-refractivity contribution >= 4 is 32.6 Å². The molecule has 0 atom stereocenters. The van der Waals surface area contributed by atoms with Gasteiger partial charge in [0.1, 0.15) is 11.3 Å². The first kappa shape index (κ1) is 19.3. The van der Waals surface area contributed by atoms with Crippen LogP contribution in [0.2, 0.25) is 0 Å². The van der Waals surface area contributed by atoms with Gasteiger partial charge >= 0.3 is 0 Å². The number of benzene rings is 1. The van der Waals surface area contributed by atoms with E-state index in [-0.39, 0.29) is 5.91 Å². The lowest BCUT2D eigenvalue weighted by atomic mass is 10.2. The summed E-state index contributed by atoms with van der Waals surface area (Å²) in [4.78, 5) is 26.0. The van der Waals surface area contributed by atoms with Gasteiger partial charge in [0.15, 0.2) is 11.0 Å². The number of aromatic nitrogens is 3. The third-order valence-corrected chi connectivity index (χ3v) is 5.60. The van der Waals surface area contributed by atoms with E-state index in [2.05, 4.69) is 9.88 Å². The fraction of sp³-hybridized carbons (Fsp3) is 0.421. The maximum absolute atomic E-state index is 13.2. The Kier molecular flexibility index (Phi) is 5.76. The van der Waals surface area contributed by atoms with Gasteiger partial charge in [-0.05, 0) is 45.6 Å². The molecule has 3 rings (SSSR count). The Hall–Kier alpha value is -2.45. The summed E-state index contributed by atoms with van der Waals surface area (Å²) in [6.45, 7) is 3.50. The van der Waals surface area contributed by atoms with Gasteiger partial charge in [0, 0.05) is 26.0 Å². The van der Waals surface area contributed by atoms with Crippen molar-refractivity contribution in [2.45, 2.75) is 13.3 Å². The number of rotatable bonds is 7. The second kappa shape index (κ2) is 8.06. The predicted molar refractivity (Wildman–Crippen MR) is 109 cm³/mol. The Bertz CT molecular complexity index is 947. The topological polar surface area (TPSA) is 63.5 Å². The number of anilines is 1. The van der Waals surface area contributed by atoms with Gasteiger partial charge < -0.3 is 14.2 Å². The monoisotopic (exact) mass is 387 g/mol. The zero-order chi connectivity index (χ0) is 19.6. The van der Waals surface area contributed by atoms with Gasteiger partial charge in [-0.1, -0.05) is 17.4 Å². The molecule has 2 heterocycles. The van der Waals surface area contributed by atoms with Gasteiger partial charge in [0.05, 0.1) is 11.8 Å². The van der Waals surface area contributed by atoms with Crippen LogP contribution in [0.5, 0.6) is 5.75 Å². The minimum absolute atomic E-state index is 0.142. The van der Waals surface area contributed by atoms with E-state index in [9.17, 15) is 4.79 Å². The number of hydrogen-bond donors (Lipinski definition) is 0. The van der Waals surface area contributed by atoms with Crippen LogP contribution >= 0.6 is 11.3 Å². The van der Waals surface area contributed by atoms with Crippen LogP contribution in [0.1, 0.15) is 22.6 Å². The maximum Gasteiger partial charge on any atom is 0.296 e. The lowest BCUT2D eigenvalue weighted by Gasteiger charge is -2.20. The molecule has 0 saturated heterocycles. The minimum Gasteiger partial charge on any atom is -0.494 e. The van der Waals surface area contributed by atoms with Crippen LogP contribution in [0.4, 0.5) is 5.13 Å². The summed E-state index contributed by atoms with van der Waals surface area (Å²) >= 11 is 1.52. The number of ether oxygens (including phenoxy) is 1. The number of amides is 1. The van der Waals surface area contributed by atoms with E-state index in [0.29, 0.717) is 17.5 Å². The quantitative estimate of drug-likeness (QED) is 0.624. The maximum atomic E-state index is 13.2. The number of carbonyl (C=O) groups excluding carboxylic acids is 1. The molecule has 0 unspecified atom stereocenters. The Morgan fingerprint density at radius 3 is 2.70 bits per heavy atom. The molecular weight excluding hydrogens is 362 g/mol. The van der Waals surface area contributed by atoms with Crippen molar-refractivity contribution in [1.29, 1.82) is 0 Å². The van der Waals surface area contributed by atoms with E-state index in [0.717, 1.165) is 34.5 Å². The van der Waals surface area contributed by atoms with Gasteiger partial charge in [-0.15, -0.1) is 0 Å².